The number of sulfonamides is 1. The van der Waals surface area contributed by atoms with E-state index in [0.29, 0.717) is 18.8 Å². The molecule has 2 amide bonds. The van der Waals surface area contributed by atoms with Crippen molar-refractivity contribution in [2.75, 3.05) is 33.9 Å². The summed E-state index contributed by atoms with van der Waals surface area (Å²) in [5.41, 5.74) is 0. The van der Waals surface area contributed by atoms with E-state index in [0.717, 1.165) is 4.88 Å². The van der Waals surface area contributed by atoms with Gasteiger partial charge in [-0.2, -0.15) is 4.31 Å². The van der Waals surface area contributed by atoms with Crippen LogP contribution in [0.3, 0.4) is 0 Å². The molecule has 1 aliphatic heterocycles. The van der Waals surface area contributed by atoms with Crippen molar-refractivity contribution in [3.05, 3.63) is 40.6 Å². The Hall–Kier alpha value is -2.67. The van der Waals surface area contributed by atoms with Crippen LogP contribution < -0.4 is 20.1 Å². The fourth-order valence-corrected chi connectivity index (χ4v) is 5.36. The van der Waals surface area contributed by atoms with Crippen LogP contribution in [-0.4, -0.2) is 64.7 Å². The minimum absolute atomic E-state index is 0.00525. The van der Waals surface area contributed by atoms with Gasteiger partial charge in [0.25, 0.3) is 0 Å². The normalized spacial score (nSPS) is 16.9. The Morgan fingerprint density at radius 1 is 1.16 bits per heavy atom. The highest BCUT2D eigenvalue weighted by Gasteiger charge is 2.35. The molecule has 32 heavy (non-hydrogen) atoms. The quantitative estimate of drug-likeness (QED) is 0.536. The molecular weight excluding hydrogens is 458 g/mol. The van der Waals surface area contributed by atoms with Crippen molar-refractivity contribution in [2.24, 2.45) is 0 Å². The highest BCUT2D eigenvalue weighted by molar-refractivity contribution is 7.89. The third-order valence-corrected chi connectivity index (χ3v) is 7.52. The van der Waals surface area contributed by atoms with Gasteiger partial charge in [0.05, 0.1) is 38.8 Å². The lowest BCUT2D eigenvalue weighted by Crippen LogP contribution is -2.53. The van der Waals surface area contributed by atoms with Crippen molar-refractivity contribution in [2.45, 2.75) is 24.1 Å². The molecule has 1 atom stereocenters. The first-order chi connectivity index (χ1) is 15.4. The molecule has 0 spiro atoms. The van der Waals surface area contributed by atoms with Crippen molar-refractivity contribution in [1.29, 1.82) is 0 Å². The minimum atomic E-state index is -3.95. The van der Waals surface area contributed by atoms with Gasteiger partial charge >= 0.3 is 11.8 Å². The summed E-state index contributed by atoms with van der Waals surface area (Å²) < 4.78 is 43.6. The SMILES string of the molecule is COc1ccc(S(=O)(=O)N2CCCO[C@H]2CNC(=O)C(=O)NCc2cccs2)cc1OC. The average Bonchev–Trinajstić information content (AvgIpc) is 3.34. The Morgan fingerprint density at radius 3 is 2.59 bits per heavy atom. The molecule has 3 rings (SSSR count). The smallest absolute Gasteiger partial charge is 0.309 e. The maximum absolute atomic E-state index is 13.2. The second-order valence-corrected chi connectivity index (χ2v) is 9.71. The molecule has 1 aromatic carbocycles. The first-order valence-corrected chi connectivity index (χ1v) is 12.1. The molecule has 0 radical (unpaired) electrons. The van der Waals surface area contributed by atoms with E-state index in [9.17, 15) is 18.0 Å². The van der Waals surface area contributed by atoms with E-state index >= 15 is 0 Å². The number of nitrogens with zero attached hydrogens (tertiary/aromatic N) is 1. The summed E-state index contributed by atoms with van der Waals surface area (Å²) in [5, 5.41) is 6.85. The number of carbonyl (C=O) groups is 2. The summed E-state index contributed by atoms with van der Waals surface area (Å²) in [4.78, 5) is 25.1. The number of carbonyl (C=O) groups excluding carboxylic acids is 2. The molecule has 2 N–H and O–H groups in total. The summed E-state index contributed by atoms with van der Waals surface area (Å²) in [7, 11) is -1.08. The molecule has 10 nitrogen and oxygen atoms in total. The fourth-order valence-electron chi connectivity index (χ4n) is 3.14. The van der Waals surface area contributed by atoms with E-state index in [1.54, 1.807) is 0 Å². The lowest BCUT2D eigenvalue weighted by Gasteiger charge is -2.34. The monoisotopic (exact) mass is 483 g/mol. The lowest BCUT2D eigenvalue weighted by atomic mass is 10.3. The lowest BCUT2D eigenvalue weighted by molar-refractivity contribution is -0.140. The van der Waals surface area contributed by atoms with E-state index < -0.39 is 28.1 Å². The molecule has 1 aromatic heterocycles. The minimum Gasteiger partial charge on any atom is -0.493 e. The number of thiophene rings is 1. The largest absolute Gasteiger partial charge is 0.493 e. The van der Waals surface area contributed by atoms with Gasteiger partial charge < -0.3 is 24.8 Å². The summed E-state index contributed by atoms with van der Waals surface area (Å²) in [6.45, 7) is 0.617. The number of nitrogens with one attached hydrogen (secondary N) is 2. The Labute approximate surface area is 190 Å². The number of rotatable bonds is 8. The fraction of sp³-hybridized carbons (Fsp3) is 0.400. The number of hydrogen-bond donors (Lipinski definition) is 2. The van der Waals surface area contributed by atoms with Crippen LogP contribution in [0.5, 0.6) is 11.5 Å². The zero-order valence-corrected chi connectivity index (χ0v) is 19.3. The van der Waals surface area contributed by atoms with Gasteiger partial charge in [-0.1, -0.05) is 6.07 Å². The topological polar surface area (TPSA) is 123 Å². The Kier molecular flexibility index (Phi) is 8.07. The predicted octanol–water partition coefficient (Wildman–Crippen LogP) is 0.935. The van der Waals surface area contributed by atoms with Crippen LogP contribution in [0.2, 0.25) is 0 Å². The molecule has 2 aromatic rings. The van der Waals surface area contributed by atoms with Crippen molar-refractivity contribution in [3.8, 4) is 11.5 Å². The van der Waals surface area contributed by atoms with E-state index in [1.165, 1.54) is 48.1 Å². The molecule has 0 unspecified atom stereocenters. The van der Waals surface area contributed by atoms with Crippen LogP contribution >= 0.6 is 11.3 Å². The van der Waals surface area contributed by atoms with Crippen LogP contribution in [-0.2, 0) is 30.9 Å². The van der Waals surface area contributed by atoms with Crippen molar-refractivity contribution >= 4 is 33.2 Å². The molecule has 0 bridgehead atoms. The number of ether oxygens (including phenoxy) is 3. The van der Waals surface area contributed by atoms with Crippen molar-refractivity contribution in [3.63, 3.8) is 0 Å². The molecule has 0 saturated carbocycles. The van der Waals surface area contributed by atoms with Crippen molar-refractivity contribution < 1.29 is 32.2 Å². The van der Waals surface area contributed by atoms with Crippen LogP contribution in [0.1, 0.15) is 11.3 Å². The van der Waals surface area contributed by atoms with Gasteiger partial charge in [0.2, 0.25) is 10.0 Å². The molecule has 1 saturated heterocycles. The molecule has 174 valence electrons. The number of hydrogen-bond acceptors (Lipinski definition) is 8. The molecular formula is C20H25N3O7S2. The first kappa shape index (κ1) is 24.0. The first-order valence-electron chi connectivity index (χ1n) is 9.80. The summed E-state index contributed by atoms with van der Waals surface area (Å²) >= 11 is 1.46. The summed E-state index contributed by atoms with van der Waals surface area (Å²) in [5.74, 6) is -0.986. The van der Waals surface area contributed by atoms with E-state index in [2.05, 4.69) is 10.6 Å². The Morgan fingerprint density at radius 2 is 1.91 bits per heavy atom. The standard InChI is InChI=1S/C20H25N3O7S2/c1-28-16-7-6-15(11-17(16)29-2)32(26,27)23-8-4-9-30-18(23)13-22-20(25)19(24)21-12-14-5-3-10-31-14/h3,5-7,10-11,18H,4,8-9,12-13H2,1-2H3,(H,21,24)(H,22,25)/t18-/m0/s1. The van der Waals surface area contributed by atoms with Gasteiger partial charge in [-0.3, -0.25) is 9.59 Å². The van der Waals surface area contributed by atoms with Gasteiger partial charge in [-0.15, -0.1) is 11.3 Å². The molecule has 12 heteroatoms. The maximum atomic E-state index is 13.2. The van der Waals surface area contributed by atoms with Gasteiger partial charge in [-0.05, 0) is 30.0 Å². The van der Waals surface area contributed by atoms with Crippen molar-refractivity contribution in [1.82, 2.24) is 14.9 Å². The highest BCUT2D eigenvalue weighted by Crippen LogP contribution is 2.31. The zero-order chi connectivity index (χ0) is 23.1. The van der Waals surface area contributed by atoms with E-state index in [-0.39, 0.29) is 30.3 Å². The average molecular weight is 484 g/mol. The maximum Gasteiger partial charge on any atom is 0.309 e. The number of benzene rings is 1. The molecule has 2 heterocycles. The Bertz CT molecular complexity index is 1040. The van der Waals surface area contributed by atoms with E-state index in [4.69, 9.17) is 14.2 Å². The third kappa shape index (κ3) is 5.57. The van der Waals surface area contributed by atoms with Crippen LogP contribution in [0.4, 0.5) is 0 Å². The van der Waals surface area contributed by atoms with Gasteiger partial charge in [-0.25, -0.2) is 8.42 Å². The molecule has 0 aliphatic carbocycles. The van der Waals surface area contributed by atoms with Gasteiger partial charge in [0, 0.05) is 17.5 Å². The van der Waals surface area contributed by atoms with Crippen LogP contribution in [0.15, 0.2) is 40.6 Å². The third-order valence-electron chi connectivity index (χ3n) is 4.76. The molecule has 1 aliphatic rings. The molecule has 1 fully saturated rings. The van der Waals surface area contributed by atoms with Gasteiger partial charge in [0.1, 0.15) is 6.23 Å². The zero-order valence-electron chi connectivity index (χ0n) is 17.7. The summed E-state index contributed by atoms with van der Waals surface area (Å²) in [6, 6.07) is 7.98. The Balaban J connectivity index is 1.66. The second kappa shape index (κ2) is 10.8. The predicted molar refractivity (Wildman–Crippen MR) is 117 cm³/mol. The number of methoxy groups -OCH3 is 2. The number of amides is 2. The van der Waals surface area contributed by atoms with Crippen LogP contribution in [0.25, 0.3) is 0 Å². The van der Waals surface area contributed by atoms with Crippen LogP contribution in [0, 0.1) is 0 Å². The second-order valence-electron chi connectivity index (χ2n) is 6.78. The highest BCUT2D eigenvalue weighted by atomic mass is 32.2. The summed E-state index contributed by atoms with van der Waals surface area (Å²) in [6.07, 6.45) is -0.450. The van der Waals surface area contributed by atoms with E-state index in [1.807, 2.05) is 17.5 Å². The van der Waals surface area contributed by atoms with Gasteiger partial charge in [0.15, 0.2) is 11.5 Å².